The second kappa shape index (κ2) is 3.49. The summed E-state index contributed by atoms with van der Waals surface area (Å²) in [6.07, 6.45) is 0.416. The summed E-state index contributed by atoms with van der Waals surface area (Å²) in [5.41, 5.74) is -0.0708. The summed E-state index contributed by atoms with van der Waals surface area (Å²) in [7, 11) is 0. The second-order valence-electron chi connectivity index (χ2n) is 1.87. The zero-order chi connectivity index (χ0) is 8.43. The van der Waals surface area contributed by atoms with Gasteiger partial charge in [-0.25, -0.2) is 4.39 Å². The minimum Gasteiger partial charge on any atom is -0.298 e. The largest absolute Gasteiger partial charge is 0.298 e. The molecule has 0 fully saturated rings. The average Bonchev–Trinajstić information content (AvgIpc) is 1.99. The molecule has 0 saturated carbocycles. The number of carbonyl (C=O) groups is 1. The predicted molar refractivity (Wildman–Crippen MR) is 49.5 cm³/mol. The first kappa shape index (κ1) is 8.93. The highest BCUT2D eigenvalue weighted by atomic mass is 127. The molecule has 0 aromatic heterocycles. The van der Waals surface area contributed by atoms with Crippen LogP contribution < -0.4 is 0 Å². The van der Waals surface area contributed by atoms with E-state index in [0.717, 1.165) is 0 Å². The van der Waals surface area contributed by atoms with E-state index in [-0.39, 0.29) is 10.6 Å². The van der Waals surface area contributed by atoms with Gasteiger partial charge in [0.05, 0.1) is 10.6 Å². The van der Waals surface area contributed by atoms with Gasteiger partial charge in [0.15, 0.2) is 6.29 Å². The lowest BCUT2D eigenvalue weighted by atomic mass is 10.2. The molecule has 0 bridgehead atoms. The smallest absolute Gasteiger partial charge is 0.154 e. The second-order valence-corrected chi connectivity index (χ2v) is 3.44. The van der Waals surface area contributed by atoms with Crippen LogP contribution >= 0.6 is 34.2 Å². The molecular formula is C7H3ClFIO. The Balaban J connectivity index is 3.40. The van der Waals surface area contributed by atoms with Crippen molar-refractivity contribution in [2.45, 2.75) is 0 Å². The van der Waals surface area contributed by atoms with Gasteiger partial charge in [-0.1, -0.05) is 11.6 Å². The Labute approximate surface area is 81.7 Å². The van der Waals surface area contributed by atoms with Crippen molar-refractivity contribution >= 4 is 40.5 Å². The van der Waals surface area contributed by atoms with Gasteiger partial charge in [0, 0.05) is 3.57 Å². The molecule has 0 aliphatic carbocycles. The maximum Gasteiger partial charge on any atom is 0.154 e. The normalized spacial score (nSPS) is 9.73. The number of benzene rings is 1. The summed E-state index contributed by atoms with van der Waals surface area (Å²) in [5.74, 6) is -0.548. The van der Waals surface area contributed by atoms with E-state index in [2.05, 4.69) is 0 Å². The molecule has 0 N–H and O–H groups in total. The molecule has 1 aromatic rings. The van der Waals surface area contributed by atoms with Crippen molar-refractivity contribution in [1.29, 1.82) is 0 Å². The fourth-order valence-electron chi connectivity index (χ4n) is 0.651. The highest BCUT2D eigenvalue weighted by Crippen LogP contribution is 2.21. The molecule has 0 heterocycles. The molecule has 4 heteroatoms. The third-order valence-electron chi connectivity index (χ3n) is 1.20. The Kier molecular flexibility index (Phi) is 2.84. The third kappa shape index (κ3) is 1.70. The van der Waals surface area contributed by atoms with Crippen molar-refractivity contribution in [3.63, 3.8) is 0 Å². The first-order chi connectivity index (χ1) is 5.16. The van der Waals surface area contributed by atoms with Crippen LogP contribution in [0, 0.1) is 9.39 Å². The summed E-state index contributed by atoms with van der Waals surface area (Å²) < 4.78 is 13.3. The van der Waals surface area contributed by atoms with E-state index in [9.17, 15) is 9.18 Å². The maximum absolute atomic E-state index is 12.9. The predicted octanol–water partition coefficient (Wildman–Crippen LogP) is 2.90. The van der Waals surface area contributed by atoms with Crippen LogP contribution in [0.1, 0.15) is 10.4 Å². The van der Waals surface area contributed by atoms with E-state index in [0.29, 0.717) is 9.86 Å². The number of rotatable bonds is 1. The Morgan fingerprint density at radius 3 is 2.64 bits per heavy atom. The summed E-state index contributed by atoms with van der Waals surface area (Å²) in [5, 5.41) is 0.151. The molecule has 0 atom stereocenters. The van der Waals surface area contributed by atoms with Gasteiger partial charge in [-0.3, -0.25) is 4.79 Å². The Morgan fingerprint density at radius 1 is 1.55 bits per heavy atom. The van der Waals surface area contributed by atoms with Gasteiger partial charge in [0.2, 0.25) is 0 Å². The SMILES string of the molecule is O=Cc1c(Cl)ccc(I)c1F. The van der Waals surface area contributed by atoms with E-state index in [1.54, 1.807) is 22.6 Å². The molecular weight excluding hydrogens is 281 g/mol. The van der Waals surface area contributed by atoms with Crippen molar-refractivity contribution in [2.75, 3.05) is 0 Å². The quantitative estimate of drug-likeness (QED) is 0.440. The molecule has 1 aromatic carbocycles. The lowest BCUT2D eigenvalue weighted by Gasteiger charge is -1.98. The molecule has 1 nitrogen and oxygen atoms in total. The van der Waals surface area contributed by atoms with E-state index >= 15 is 0 Å². The first-order valence-corrected chi connectivity index (χ1v) is 4.21. The molecule has 0 aliphatic heterocycles. The molecule has 1 rings (SSSR count). The van der Waals surface area contributed by atoms with E-state index in [1.807, 2.05) is 0 Å². The van der Waals surface area contributed by atoms with E-state index in [1.165, 1.54) is 12.1 Å². The van der Waals surface area contributed by atoms with Gasteiger partial charge in [0.1, 0.15) is 5.82 Å². The van der Waals surface area contributed by atoms with Crippen LogP contribution in [0.25, 0.3) is 0 Å². The fourth-order valence-corrected chi connectivity index (χ4v) is 1.31. The van der Waals surface area contributed by atoms with Gasteiger partial charge >= 0.3 is 0 Å². The molecule has 0 spiro atoms. The van der Waals surface area contributed by atoms with Crippen LogP contribution in [0.2, 0.25) is 5.02 Å². The highest BCUT2D eigenvalue weighted by Gasteiger charge is 2.08. The summed E-state index contributed by atoms with van der Waals surface area (Å²) in [6, 6.07) is 3.02. The molecule has 0 aliphatic rings. The van der Waals surface area contributed by atoms with Crippen molar-refractivity contribution in [3.8, 4) is 0 Å². The standard InChI is InChI=1S/C7H3ClFIO/c8-5-1-2-6(10)7(9)4(5)3-11/h1-3H. The molecule has 58 valence electrons. The number of aldehydes is 1. The number of halogens is 3. The van der Waals surface area contributed by atoms with Crippen molar-refractivity contribution in [3.05, 3.63) is 32.1 Å². The molecule has 11 heavy (non-hydrogen) atoms. The van der Waals surface area contributed by atoms with Crippen molar-refractivity contribution in [2.24, 2.45) is 0 Å². The zero-order valence-corrected chi connectivity index (χ0v) is 8.19. The topological polar surface area (TPSA) is 17.1 Å². The number of hydrogen-bond donors (Lipinski definition) is 0. The van der Waals surface area contributed by atoms with Crippen LogP contribution in [0.15, 0.2) is 12.1 Å². The van der Waals surface area contributed by atoms with Gasteiger partial charge in [0.25, 0.3) is 0 Å². The molecule has 0 radical (unpaired) electrons. The maximum atomic E-state index is 12.9. The Morgan fingerprint density at radius 2 is 2.18 bits per heavy atom. The summed E-state index contributed by atoms with van der Waals surface area (Å²) in [4.78, 5) is 10.3. The van der Waals surface area contributed by atoms with Crippen LogP contribution in [0.3, 0.4) is 0 Å². The van der Waals surface area contributed by atoms with Crippen LogP contribution in [-0.2, 0) is 0 Å². The number of carbonyl (C=O) groups excluding carboxylic acids is 1. The molecule has 0 saturated heterocycles. The van der Waals surface area contributed by atoms with E-state index < -0.39 is 5.82 Å². The first-order valence-electron chi connectivity index (χ1n) is 2.75. The van der Waals surface area contributed by atoms with Gasteiger partial charge < -0.3 is 0 Å². The summed E-state index contributed by atoms with van der Waals surface area (Å²) >= 11 is 7.32. The van der Waals surface area contributed by atoms with Crippen LogP contribution in [0.4, 0.5) is 4.39 Å². The van der Waals surface area contributed by atoms with Gasteiger partial charge in [-0.15, -0.1) is 0 Å². The van der Waals surface area contributed by atoms with Gasteiger partial charge in [-0.05, 0) is 34.7 Å². The van der Waals surface area contributed by atoms with E-state index in [4.69, 9.17) is 11.6 Å². The minimum atomic E-state index is -0.548. The third-order valence-corrected chi connectivity index (χ3v) is 2.36. The van der Waals surface area contributed by atoms with Crippen LogP contribution in [0.5, 0.6) is 0 Å². The minimum absolute atomic E-state index is 0.0708. The van der Waals surface area contributed by atoms with Crippen molar-refractivity contribution < 1.29 is 9.18 Å². The van der Waals surface area contributed by atoms with Crippen molar-refractivity contribution in [1.82, 2.24) is 0 Å². The zero-order valence-electron chi connectivity index (χ0n) is 5.27. The lowest BCUT2D eigenvalue weighted by Crippen LogP contribution is -1.91. The molecule has 0 amide bonds. The fraction of sp³-hybridized carbons (Fsp3) is 0. The van der Waals surface area contributed by atoms with Crippen LogP contribution in [-0.4, -0.2) is 6.29 Å². The Hall–Kier alpha value is -0.160. The number of hydrogen-bond acceptors (Lipinski definition) is 1. The Bertz CT molecular complexity index is 301. The summed E-state index contributed by atoms with van der Waals surface area (Å²) in [6.45, 7) is 0. The highest BCUT2D eigenvalue weighted by molar-refractivity contribution is 14.1. The van der Waals surface area contributed by atoms with Gasteiger partial charge in [-0.2, -0.15) is 0 Å². The molecule has 0 unspecified atom stereocenters. The monoisotopic (exact) mass is 284 g/mol. The lowest BCUT2D eigenvalue weighted by molar-refractivity contribution is 0.112. The average molecular weight is 284 g/mol.